The van der Waals surface area contributed by atoms with E-state index in [1.165, 1.54) is 18.6 Å². The predicted molar refractivity (Wildman–Crippen MR) is 56.0 cm³/mol. The second-order valence-electron chi connectivity index (χ2n) is 2.46. The van der Waals surface area contributed by atoms with E-state index in [2.05, 4.69) is 16.7 Å². The van der Waals surface area contributed by atoms with Gasteiger partial charge in [0.1, 0.15) is 0 Å². The maximum atomic E-state index is 5.32. The molecule has 0 spiro atoms. The summed E-state index contributed by atoms with van der Waals surface area (Å²) < 4.78 is 0. The number of thioether (sulfide) groups is 1. The van der Waals surface area contributed by atoms with Crippen LogP contribution in [0.5, 0.6) is 0 Å². The van der Waals surface area contributed by atoms with Crippen molar-refractivity contribution in [3.8, 4) is 0 Å². The minimum absolute atomic E-state index is 0.319. The number of nitrogens with two attached hydrogens (primary N) is 2. The van der Waals surface area contributed by atoms with Gasteiger partial charge < -0.3 is 5.73 Å². The predicted octanol–water partition coefficient (Wildman–Crippen LogP) is 0.298. The van der Waals surface area contributed by atoms with Crippen molar-refractivity contribution in [1.29, 1.82) is 0 Å². The standard InChI is InChI=1S/C7H18N4S/c1-12-6-4-2-3-5-10-7(8)11-9/h2-6,9H2,1H3,(H3,8,10,11). The molecule has 5 heteroatoms. The summed E-state index contributed by atoms with van der Waals surface area (Å²) in [6.07, 6.45) is 5.67. The molecule has 0 saturated heterocycles. The average molecular weight is 190 g/mol. The number of hydrogen-bond donors (Lipinski definition) is 3. The number of nitrogens with one attached hydrogen (secondary N) is 1. The van der Waals surface area contributed by atoms with Gasteiger partial charge in [-0.15, -0.1) is 0 Å². The lowest BCUT2D eigenvalue weighted by atomic mass is 10.2. The molecule has 5 N–H and O–H groups in total. The summed E-state index contributed by atoms with van der Waals surface area (Å²) in [6, 6.07) is 0. The molecule has 0 aromatic heterocycles. The normalized spacial score (nSPS) is 11.7. The Kier molecular flexibility index (Phi) is 8.37. The van der Waals surface area contributed by atoms with Crippen LogP contribution in [0.1, 0.15) is 19.3 Å². The van der Waals surface area contributed by atoms with Gasteiger partial charge in [0.2, 0.25) is 5.96 Å². The van der Waals surface area contributed by atoms with Crippen molar-refractivity contribution in [1.82, 2.24) is 5.43 Å². The van der Waals surface area contributed by atoms with Gasteiger partial charge in [0, 0.05) is 6.54 Å². The van der Waals surface area contributed by atoms with E-state index in [0.717, 1.165) is 13.0 Å². The highest BCUT2D eigenvalue weighted by Gasteiger charge is 1.88. The van der Waals surface area contributed by atoms with Gasteiger partial charge in [0.25, 0.3) is 0 Å². The fourth-order valence-electron chi connectivity index (χ4n) is 0.780. The summed E-state index contributed by atoms with van der Waals surface area (Å²) >= 11 is 1.88. The van der Waals surface area contributed by atoms with Crippen molar-refractivity contribution in [3.63, 3.8) is 0 Å². The topological polar surface area (TPSA) is 76.4 Å². The third kappa shape index (κ3) is 7.68. The van der Waals surface area contributed by atoms with Gasteiger partial charge in [-0.1, -0.05) is 6.42 Å². The van der Waals surface area contributed by atoms with Gasteiger partial charge in [-0.2, -0.15) is 11.8 Å². The van der Waals surface area contributed by atoms with Crippen LogP contribution in [0.15, 0.2) is 4.99 Å². The Bertz CT molecular complexity index is 127. The van der Waals surface area contributed by atoms with E-state index in [-0.39, 0.29) is 0 Å². The molecule has 0 unspecified atom stereocenters. The van der Waals surface area contributed by atoms with E-state index >= 15 is 0 Å². The second kappa shape index (κ2) is 8.67. The molecule has 0 aliphatic carbocycles. The van der Waals surface area contributed by atoms with Gasteiger partial charge in [0.15, 0.2) is 0 Å². The van der Waals surface area contributed by atoms with E-state index < -0.39 is 0 Å². The van der Waals surface area contributed by atoms with Gasteiger partial charge in [-0.25, -0.2) is 5.84 Å². The molecule has 0 aliphatic rings. The Labute approximate surface area is 78.1 Å². The maximum Gasteiger partial charge on any atom is 0.203 e. The van der Waals surface area contributed by atoms with Gasteiger partial charge in [-0.05, 0) is 24.9 Å². The summed E-state index contributed by atoms with van der Waals surface area (Å²) in [5.74, 6) is 6.58. The molecule has 0 amide bonds. The number of unbranched alkanes of at least 4 members (excludes halogenated alkanes) is 2. The summed E-state index contributed by atoms with van der Waals surface area (Å²) in [4.78, 5) is 3.99. The highest BCUT2D eigenvalue weighted by atomic mass is 32.2. The first kappa shape index (κ1) is 11.6. The third-order valence-corrected chi connectivity index (χ3v) is 2.13. The number of rotatable bonds is 6. The molecule has 0 aliphatic heterocycles. The first-order valence-electron chi connectivity index (χ1n) is 4.06. The van der Waals surface area contributed by atoms with Crippen LogP contribution >= 0.6 is 11.8 Å². The molecule has 0 radical (unpaired) electrons. The Morgan fingerprint density at radius 1 is 1.42 bits per heavy atom. The Morgan fingerprint density at radius 3 is 2.75 bits per heavy atom. The van der Waals surface area contributed by atoms with Crippen molar-refractivity contribution in [2.24, 2.45) is 16.6 Å². The highest BCUT2D eigenvalue weighted by molar-refractivity contribution is 7.98. The monoisotopic (exact) mass is 190 g/mol. The van der Waals surface area contributed by atoms with Crippen molar-refractivity contribution in [2.45, 2.75) is 19.3 Å². The van der Waals surface area contributed by atoms with Gasteiger partial charge >= 0.3 is 0 Å². The summed E-state index contributed by atoms with van der Waals surface area (Å²) in [7, 11) is 0. The quantitative estimate of drug-likeness (QED) is 0.185. The number of hydrogen-bond acceptors (Lipinski definition) is 3. The summed E-state index contributed by atoms with van der Waals surface area (Å²) in [5.41, 5.74) is 7.61. The molecule has 0 aromatic rings. The molecular weight excluding hydrogens is 172 g/mol. The van der Waals surface area contributed by atoms with Crippen LogP contribution in [0.3, 0.4) is 0 Å². The molecule has 0 rings (SSSR count). The average Bonchev–Trinajstić information content (AvgIpc) is 2.10. The SMILES string of the molecule is CSCCCCCN=C(N)NN. The van der Waals surface area contributed by atoms with Crippen molar-refractivity contribution in [3.05, 3.63) is 0 Å². The smallest absolute Gasteiger partial charge is 0.203 e. The number of nitrogens with zero attached hydrogens (tertiary/aromatic N) is 1. The van der Waals surface area contributed by atoms with Crippen LogP contribution in [-0.4, -0.2) is 24.5 Å². The van der Waals surface area contributed by atoms with Crippen molar-refractivity contribution >= 4 is 17.7 Å². The summed E-state index contributed by atoms with van der Waals surface area (Å²) in [5, 5.41) is 0. The molecular formula is C7H18N4S. The fourth-order valence-corrected chi connectivity index (χ4v) is 1.27. The van der Waals surface area contributed by atoms with Crippen LogP contribution < -0.4 is 17.0 Å². The third-order valence-electron chi connectivity index (χ3n) is 1.44. The largest absolute Gasteiger partial charge is 0.369 e. The van der Waals surface area contributed by atoms with Crippen LogP contribution in [0.25, 0.3) is 0 Å². The van der Waals surface area contributed by atoms with Crippen molar-refractivity contribution < 1.29 is 0 Å². The minimum atomic E-state index is 0.319. The number of hydrazine groups is 1. The van der Waals surface area contributed by atoms with E-state index in [1.54, 1.807) is 0 Å². The maximum absolute atomic E-state index is 5.32. The second-order valence-corrected chi connectivity index (χ2v) is 3.45. The Hall–Kier alpha value is -0.420. The number of aliphatic imine (C=N–C) groups is 1. The van der Waals surface area contributed by atoms with Crippen LogP contribution in [0.4, 0.5) is 0 Å². The molecule has 0 atom stereocenters. The van der Waals surface area contributed by atoms with E-state index in [1.807, 2.05) is 11.8 Å². The van der Waals surface area contributed by atoms with Crippen molar-refractivity contribution in [2.75, 3.05) is 18.6 Å². The Balaban J connectivity index is 3.10. The fraction of sp³-hybridized carbons (Fsp3) is 0.857. The zero-order valence-corrected chi connectivity index (χ0v) is 8.36. The minimum Gasteiger partial charge on any atom is -0.369 e. The molecule has 0 heterocycles. The molecule has 0 fully saturated rings. The van der Waals surface area contributed by atoms with E-state index in [9.17, 15) is 0 Å². The van der Waals surface area contributed by atoms with E-state index in [0.29, 0.717) is 5.96 Å². The first-order chi connectivity index (χ1) is 5.81. The van der Waals surface area contributed by atoms with Gasteiger partial charge in [0.05, 0.1) is 0 Å². The van der Waals surface area contributed by atoms with Crippen LogP contribution in [-0.2, 0) is 0 Å². The molecule has 0 aromatic carbocycles. The molecule has 0 saturated carbocycles. The highest BCUT2D eigenvalue weighted by Crippen LogP contribution is 2.01. The van der Waals surface area contributed by atoms with Crippen LogP contribution in [0, 0.1) is 0 Å². The Morgan fingerprint density at radius 2 is 2.17 bits per heavy atom. The molecule has 72 valence electrons. The lowest BCUT2D eigenvalue weighted by Gasteiger charge is -1.98. The van der Waals surface area contributed by atoms with Gasteiger partial charge in [-0.3, -0.25) is 10.4 Å². The van der Waals surface area contributed by atoms with E-state index in [4.69, 9.17) is 11.6 Å². The lowest BCUT2D eigenvalue weighted by molar-refractivity contribution is 0.730. The first-order valence-corrected chi connectivity index (χ1v) is 5.46. The summed E-state index contributed by atoms with van der Waals surface area (Å²) in [6.45, 7) is 0.768. The van der Waals surface area contributed by atoms with Crippen LogP contribution in [0.2, 0.25) is 0 Å². The number of guanidine groups is 1. The lowest BCUT2D eigenvalue weighted by Crippen LogP contribution is -2.37. The molecule has 12 heavy (non-hydrogen) atoms. The molecule has 0 bridgehead atoms. The zero-order chi connectivity index (χ0) is 9.23. The molecule has 4 nitrogen and oxygen atoms in total. The zero-order valence-electron chi connectivity index (χ0n) is 7.55.